The third-order valence-corrected chi connectivity index (χ3v) is 11.0. The highest BCUT2D eigenvalue weighted by molar-refractivity contribution is 5.89. The van der Waals surface area contributed by atoms with Gasteiger partial charge in [-0.2, -0.15) is 0 Å². The number of carbonyl (C=O) groups excluding carboxylic acids is 2. The minimum Gasteiger partial charge on any atom is -0.550 e. The number of likely N-dealkylation sites (N-methyl/N-ethyl adjacent to an activating group) is 1. The first-order chi connectivity index (χ1) is 27.3. The molecule has 324 valence electrons. The largest absolute Gasteiger partial charge is 0.550 e. The number of likely N-dealkylation sites (tertiary alicyclic amines) is 1. The standard InChI is InChI=1S/C37H61N5O15/c1-3-23-24(11-10-21-16-42(13-15-44)17-25(32(48)49)29(21)41-36(38)40-12-7-14-43)26(33(50)54-22-8-5-4-6-9-22)20-53-34(23)57-35-31(56-28(19-46)39-2)37(51,52)30(47)27(18-45)55-35/h3,10-11,20-25,27-31,34-35,39,43-47,51-52H,1,4-9,12-19H2,2H3,(H,48,49)(H3,38,40,41)/p+1. The fourth-order valence-electron chi connectivity index (χ4n) is 7.82. The molecule has 20 heteroatoms. The molecule has 20 nitrogen and oxygen atoms in total. The van der Waals surface area contributed by atoms with E-state index in [1.807, 2.05) is 0 Å². The average molecular weight is 817 g/mol. The lowest BCUT2D eigenvalue weighted by molar-refractivity contribution is -0.911. The molecule has 4 rings (SSSR count). The zero-order chi connectivity index (χ0) is 41.7. The van der Waals surface area contributed by atoms with Crippen molar-refractivity contribution in [3.63, 3.8) is 0 Å². The Balaban J connectivity index is 1.73. The number of ether oxygens (including phenoxy) is 5. The van der Waals surface area contributed by atoms with E-state index in [4.69, 9.17) is 29.4 Å². The van der Waals surface area contributed by atoms with Crippen LogP contribution < -0.4 is 26.4 Å². The Hall–Kier alpha value is -3.25. The number of aliphatic hydroxyl groups excluding tert-OH is 5. The van der Waals surface area contributed by atoms with Gasteiger partial charge in [0.05, 0.1) is 69.0 Å². The number of carboxylic acids is 1. The van der Waals surface area contributed by atoms with Crippen molar-refractivity contribution in [3.8, 4) is 0 Å². The summed E-state index contributed by atoms with van der Waals surface area (Å²) < 4.78 is 29.6. The van der Waals surface area contributed by atoms with Gasteiger partial charge >= 0.3 is 5.97 Å². The van der Waals surface area contributed by atoms with Crippen molar-refractivity contribution >= 4 is 17.9 Å². The van der Waals surface area contributed by atoms with E-state index in [1.165, 1.54) is 17.7 Å². The maximum absolute atomic E-state index is 13.9. The first-order valence-electron chi connectivity index (χ1n) is 19.6. The fourth-order valence-corrected chi connectivity index (χ4v) is 7.82. The van der Waals surface area contributed by atoms with Gasteiger partial charge in [0.15, 0.2) is 18.4 Å². The van der Waals surface area contributed by atoms with Gasteiger partial charge in [-0.15, -0.1) is 6.58 Å². The predicted molar refractivity (Wildman–Crippen MR) is 196 cm³/mol. The van der Waals surface area contributed by atoms with Crippen LogP contribution in [0.25, 0.3) is 0 Å². The summed E-state index contributed by atoms with van der Waals surface area (Å²) in [6, 6.07) is -0.838. The topological polar surface area (TPSA) is 316 Å². The molecule has 0 amide bonds. The zero-order valence-electron chi connectivity index (χ0n) is 32.3. The molecule has 13 N–H and O–H groups in total. The summed E-state index contributed by atoms with van der Waals surface area (Å²) in [6.45, 7) is 3.15. The minimum absolute atomic E-state index is 0.0349. The normalized spacial score (nSPS) is 34.2. The molecule has 57 heavy (non-hydrogen) atoms. The second kappa shape index (κ2) is 22.2. The molecular weight excluding hydrogens is 754 g/mol. The molecule has 3 aliphatic heterocycles. The van der Waals surface area contributed by atoms with Crippen molar-refractivity contribution in [3.05, 3.63) is 36.6 Å². The molecular formula is C37H62N5O15+. The smallest absolute Gasteiger partial charge is 0.338 e. The molecule has 0 radical (unpaired) electrons. The number of carbonyl (C=O) groups is 2. The predicted octanol–water partition coefficient (Wildman–Crippen LogP) is -6.72. The Labute approximate surface area is 331 Å². The molecule has 0 aromatic heterocycles. The van der Waals surface area contributed by atoms with Gasteiger partial charge < -0.3 is 90.6 Å². The van der Waals surface area contributed by atoms with Crippen molar-refractivity contribution in [1.29, 1.82) is 0 Å². The number of nitrogens with one attached hydrogen (secondary N) is 2. The maximum atomic E-state index is 13.9. The minimum atomic E-state index is -3.04. The van der Waals surface area contributed by atoms with Crippen LogP contribution in [0.1, 0.15) is 38.5 Å². The molecule has 1 saturated carbocycles. The first-order valence-corrected chi connectivity index (χ1v) is 19.6. The van der Waals surface area contributed by atoms with Crippen molar-refractivity contribution in [2.24, 2.45) is 34.4 Å². The van der Waals surface area contributed by atoms with Crippen LogP contribution in [0.2, 0.25) is 0 Å². The number of guanidine groups is 1. The highest BCUT2D eigenvalue weighted by Crippen LogP contribution is 2.39. The van der Waals surface area contributed by atoms with Gasteiger partial charge in [-0.05, 0) is 32.1 Å². The number of nitrogens with two attached hydrogens (primary N) is 2. The highest BCUT2D eigenvalue weighted by Gasteiger charge is 2.58. The number of aliphatic imine (C=N–C) groups is 1. The number of hydrogen-bond donors (Lipinski definition) is 11. The monoisotopic (exact) mass is 816 g/mol. The van der Waals surface area contributed by atoms with E-state index < -0.39 is 97.8 Å². The van der Waals surface area contributed by atoms with E-state index in [1.54, 1.807) is 19.2 Å². The molecule has 1 aliphatic carbocycles. The molecule has 0 spiro atoms. The van der Waals surface area contributed by atoms with Crippen LogP contribution in [0, 0.1) is 23.7 Å². The van der Waals surface area contributed by atoms with Crippen LogP contribution >= 0.6 is 0 Å². The summed E-state index contributed by atoms with van der Waals surface area (Å²) in [6.07, 6.45) is 0.651. The Morgan fingerprint density at radius 2 is 1.89 bits per heavy atom. The average Bonchev–Trinajstić information content (AvgIpc) is 3.19. The fraction of sp³-hybridized carbons (Fsp3) is 0.757. The van der Waals surface area contributed by atoms with E-state index in [2.05, 4.69) is 16.9 Å². The lowest BCUT2D eigenvalue weighted by Gasteiger charge is -2.48. The third kappa shape index (κ3) is 11.9. The summed E-state index contributed by atoms with van der Waals surface area (Å²) in [7, 11) is 1.56. The number of esters is 1. The Kier molecular flexibility index (Phi) is 18.1. The molecule has 0 bridgehead atoms. The Morgan fingerprint density at radius 3 is 2.51 bits per heavy atom. The molecule has 4 aliphatic rings. The maximum Gasteiger partial charge on any atom is 0.338 e. The van der Waals surface area contributed by atoms with E-state index in [0.717, 1.165) is 24.2 Å². The number of piperidine rings is 1. The van der Waals surface area contributed by atoms with Crippen LogP contribution in [0.4, 0.5) is 0 Å². The van der Waals surface area contributed by atoms with Crippen LogP contribution in [0.3, 0.4) is 0 Å². The van der Waals surface area contributed by atoms with E-state index in [0.29, 0.717) is 25.8 Å². The van der Waals surface area contributed by atoms with Crippen LogP contribution in [0.5, 0.6) is 0 Å². The summed E-state index contributed by atoms with van der Waals surface area (Å²) in [5.74, 6) is -8.57. The number of aliphatic hydroxyl groups is 7. The van der Waals surface area contributed by atoms with E-state index >= 15 is 0 Å². The summed E-state index contributed by atoms with van der Waals surface area (Å²) in [4.78, 5) is 31.4. The molecule has 2 saturated heterocycles. The molecule has 0 aromatic rings. The van der Waals surface area contributed by atoms with Gasteiger partial charge in [0.25, 0.3) is 0 Å². The molecule has 0 aromatic carbocycles. The number of hydrogen-bond acceptors (Lipinski definition) is 16. The number of carboxylic acid groups (broad SMARTS) is 1. The van der Waals surface area contributed by atoms with Crippen LogP contribution in [0.15, 0.2) is 41.6 Å². The summed E-state index contributed by atoms with van der Waals surface area (Å²) in [5.41, 5.74) is 6.25. The van der Waals surface area contributed by atoms with Gasteiger partial charge in [0.2, 0.25) is 18.3 Å². The van der Waals surface area contributed by atoms with Gasteiger partial charge in [-0.1, -0.05) is 24.6 Å². The number of allylic oxidation sites excluding steroid dienone is 1. The van der Waals surface area contributed by atoms with Crippen molar-refractivity contribution in [2.75, 3.05) is 59.7 Å². The van der Waals surface area contributed by atoms with Crippen molar-refractivity contribution in [1.82, 2.24) is 5.32 Å². The summed E-state index contributed by atoms with van der Waals surface area (Å²) in [5, 5.41) is 88.4. The van der Waals surface area contributed by atoms with Gasteiger partial charge in [-0.25, -0.2) is 4.79 Å². The van der Waals surface area contributed by atoms with E-state index in [9.17, 15) is 50.4 Å². The first kappa shape index (κ1) is 46.4. The Bertz CT molecular complexity index is 1390. The highest BCUT2D eigenvalue weighted by atomic mass is 16.8. The van der Waals surface area contributed by atoms with E-state index in [-0.39, 0.29) is 50.5 Å². The molecule has 3 heterocycles. The van der Waals surface area contributed by atoms with Crippen LogP contribution in [-0.2, 0) is 33.3 Å². The second-order valence-corrected chi connectivity index (χ2v) is 14.9. The summed E-state index contributed by atoms with van der Waals surface area (Å²) >= 11 is 0. The molecule has 12 unspecified atom stereocenters. The van der Waals surface area contributed by atoms with Crippen LogP contribution in [-0.4, -0.2) is 168 Å². The van der Waals surface area contributed by atoms with Gasteiger partial charge in [0.1, 0.15) is 31.5 Å². The van der Waals surface area contributed by atoms with Crippen molar-refractivity contribution in [2.45, 2.75) is 93.6 Å². The van der Waals surface area contributed by atoms with Crippen molar-refractivity contribution < 1.29 is 84.3 Å². The van der Waals surface area contributed by atoms with Gasteiger partial charge in [0, 0.05) is 25.0 Å². The number of aliphatic carboxylic acids is 1. The Morgan fingerprint density at radius 1 is 1.16 bits per heavy atom. The molecule has 12 atom stereocenters. The quantitative estimate of drug-likeness (QED) is 0.0144. The number of rotatable bonds is 19. The number of quaternary nitrogens is 2. The lowest BCUT2D eigenvalue weighted by atomic mass is 9.79. The zero-order valence-corrected chi connectivity index (χ0v) is 32.3. The lowest BCUT2D eigenvalue weighted by Crippen LogP contribution is -3.16. The third-order valence-electron chi connectivity index (χ3n) is 11.0. The number of nitrogens with zero attached hydrogens (tertiary/aromatic N) is 1. The SMILES string of the molecule is C=CC1C(OC2OC(CO)C(O)C(O)(O)C2OC(CO)[NH2+]C)OC=C(C(=O)OC2CCCCC2)C1C=CC1C[NH+](CCO)CC(C(=O)[O-])C1NC(N)=NCCCO. The van der Waals surface area contributed by atoms with Gasteiger partial charge in [-0.3, -0.25) is 4.99 Å². The molecule has 3 fully saturated rings. The second-order valence-electron chi connectivity index (χ2n) is 14.9.